The fourth-order valence-electron chi connectivity index (χ4n) is 10.0. The van der Waals surface area contributed by atoms with Crippen LogP contribution in [-0.4, -0.2) is 19.1 Å². The number of hydrogen-bond acceptors (Lipinski definition) is 2. The van der Waals surface area contributed by atoms with Crippen molar-refractivity contribution in [1.82, 2.24) is 19.1 Å². The van der Waals surface area contributed by atoms with Crippen molar-refractivity contribution in [3.8, 4) is 78.7 Å². The molecule has 68 heavy (non-hydrogen) atoms. The molecule has 0 spiro atoms. The Morgan fingerprint density at radius 2 is 0.632 bits per heavy atom. The minimum Gasteiger partial charge on any atom is -0.309 e. The Kier molecular flexibility index (Phi) is 9.47. The van der Waals surface area contributed by atoms with E-state index < -0.39 is 0 Å². The van der Waals surface area contributed by atoms with E-state index in [9.17, 15) is 0 Å². The van der Waals surface area contributed by atoms with Gasteiger partial charge < -0.3 is 9.13 Å². The van der Waals surface area contributed by atoms with E-state index in [1.165, 1.54) is 54.8 Å². The number of nitrogens with zero attached hydrogens (tertiary/aromatic N) is 4. The molecular formula is C64H42N4. The molecule has 0 amide bonds. The van der Waals surface area contributed by atoms with Crippen LogP contribution in [0.25, 0.3) is 122 Å². The second-order valence-electron chi connectivity index (χ2n) is 17.4. The second-order valence-corrected chi connectivity index (χ2v) is 17.4. The van der Waals surface area contributed by atoms with Gasteiger partial charge in [-0.05, 0) is 118 Å². The van der Waals surface area contributed by atoms with E-state index in [0.29, 0.717) is 5.82 Å². The third-order valence-corrected chi connectivity index (χ3v) is 13.3. The summed E-state index contributed by atoms with van der Waals surface area (Å²) >= 11 is 0. The standard InChI is InChI=1S/C64H42N4/c1-4-16-43(17-5-1)46-20-14-22-50(38-46)58-42-59(51-23-15-21-47(39-51)44-18-6-2-7-19-44)66-64(65-58)45-30-34-53(35-31-45)67-61-29-13-11-27-55(61)57-40-48(33-37-62(57)67)49-32-36-56-54-26-10-12-28-60(54)68(63(56)41-49)52-24-8-3-9-25-52/h1-42H. The lowest BCUT2D eigenvalue weighted by Crippen LogP contribution is -1.98. The largest absolute Gasteiger partial charge is 0.309 e. The first-order chi connectivity index (χ1) is 33.7. The Labute approximate surface area is 394 Å². The van der Waals surface area contributed by atoms with Crippen LogP contribution >= 0.6 is 0 Å². The summed E-state index contributed by atoms with van der Waals surface area (Å²) in [4.78, 5) is 10.6. The molecule has 318 valence electrons. The minimum atomic E-state index is 0.675. The van der Waals surface area contributed by atoms with Gasteiger partial charge in [0.05, 0.1) is 33.5 Å². The molecule has 0 unspecified atom stereocenters. The quantitative estimate of drug-likeness (QED) is 0.153. The molecule has 0 aliphatic heterocycles. The van der Waals surface area contributed by atoms with Crippen molar-refractivity contribution in [2.24, 2.45) is 0 Å². The zero-order valence-electron chi connectivity index (χ0n) is 37.0. The summed E-state index contributed by atoms with van der Waals surface area (Å²) in [6.45, 7) is 0. The zero-order chi connectivity index (χ0) is 45.0. The van der Waals surface area contributed by atoms with Crippen molar-refractivity contribution in [3.05, 3.63) is 255 Å². The lowest BCUT2D eigenvalue weighted by Gasteiger charge is -2.13. The molecule has 4 heteroatoms. The molecule has 0 N–H and O–H groups in total. The summed E-state index contributed by atoms with van der Waals surface area (Å²) in [5.74, 6) is 0.675. The van der Waals surface area contributed by atoms with Crippen LogP contribution in [-0.2, 0) is 0 Å². The van der Waals surface area contributed by atoms with Gasteiger partial charge in [0.2, 0.25) is 0 Å². The summed E-state index contributed by atoms with van der Waals surface area (Å²) in [6, 6.07) is 91.1. The lowest BCUT2D eigenvalue weighted by molar-refractivity contribution is 1.16. The first-order valence-corrected chi connectivity index (χ1v) is 23.1. The molecule has 13 rings (SSSR count). The maximum Gasteiger partial charge on any atom is 0.160 e. The molecule has 3 aromatic heterocycles. The molecule has 13 aromatic rings. The lowest BCUT2D eigenvalue weighted by atomic mass is 9.99. The highest BCUT2D eigenvalue weighted by molar-refractivity contribution is 6.12. The van der Waals surface area contributed by atoms with Gasteiger partial charge in [-0.15, -0.1) is 0 Å². The summed E-state index contributed by atoms with van der Waals surface area (Å²) in [6.07, 6.45) is 0. The number of para-hydroxylation sites is 3. The van der Waals surface area contributed by atoms with Crippen LogP contribution in [0.3, 0.4) is 0 Å². The first kappa shape index (κ1) is 39.3. The molecule has 0 bridgehead atoms. The average Bonchev–Trinajstić information content (AvgIpc) is 3.94. The summed E-state index contributed by atoms with van der Waals surface area (Å²) in [5, 5.41) is 4.92. The fourth-order valence-corrected chi connectivity index (χ4v) is 10.0. The molecule has 0 atom stereocenters. The van der Waals surface area contributed by atoms with E-state index >= 15 is 0 Å². The van der Waals surface area contributed by atoms with Gasteiger partial charge in [0.25, 0.3) is 0 Å². The van der Waals surface area contributed by atoms with Gasteiger partial charge in [0.1, 0.15) is 0 Å². The van der Waals surface area contributed by atoms with Crippen molar-refractivity contribution in [1.29, 1.82) is 0 Å². The number of hydrogen-bond donors (Lipinski definition) is 0. The Morgan fingerprint density at radius 1 is 0.221 bits per heavy atom. The number of rotatable bonds is 8. The third-order valence-electron chi connectivity index (χ3n) is 13.3. The van der Waals surface area contributed by atoms with Crippen LogP contribution < -0.4 is 0 Å². The molecule has 0 fully saturated rings. The second kappa shape index (κ2) is 16.4. The Hall–Kier alpha value is -9.12. The molecule has 0 radical (unpaired) electrons. The average molecular weight is 867 g/mol. The third kappa shape index (κ3) is 6.86. The van der Waals surface area contributed by atoms with E-state index in [-0.39, 0.29) is 0 Å². The molecule has 4 nitrogen and oxygen atoms in total. The predicted octanol–water partition coefficient (Wildman–Crippen LogP) is 16.7. The number of fused-ring (bicyclic) bond motifs is 6. The Bertz CT molecular complexity index is 3900. The van der Waals surface area contributed by atoms with Gasteiger partial charge in [-0.2, -0.15) is 0 Å². The van der Waals surface area contributed by atoms with E-state index in [1.54, 1.807) is 0 Å². The normalized spacial score (nSPS) is 11.5. The number of aromatic nitrogens is 4. The first-order valence-electron chi connectivity index (χ1n) is 23.1. The van der Waals surface area contributed by atoms with E-state index in [1.807, 2.05) is 0 Å². The maximum absolute atomic E-state index is 5.28. The molecule has 0 aliphatic carbocycles. The van der Waals surface area contributed by atoms with E-state index in [2.05, 4.69) is 264 Å². The summed E-state index contributed by atoms with van der Waals surface area (Å²) < 4.78 is 4.76. The van der Waals surface area contributed by atoms with Gasteiger partial charge in [0.15, 0.2) is 5.82 Å². The molecule has 0 aliphatic rings. The topological polar surface area (TPSA) is 35.6 Å². The van der Waals surface area contributed by atoms with Gasteiger partial charge in [-0.25, -0.2) is 9.97 Å². The fraction of sp³-hybridized carbons (Fsp3) is 0. The highest BCUT2D eigenvalue weighted by Gasteiger charge is 2.18. The van der Waals surface area contributed by atoms with E-state index in [0.717, 1.165) is 61.6 Å². The zero-order valence-corrected chi connectivity index (χ0v) is 37.0. The maximum atomic E-state index is 5.28. The van der Waals surface area contributed by atoms with Gasteiger partial charge in [0, 0.05) is 49.6 Å². The van der Waals surface area contributed by atoms with Crippen LogP contribution in [0.1, 0.15) is 0 Å². The summed E-state index contributed by atoms with van der Waals surface area (Å²) in [5.41, 5.74) is 18.7. The van der Waals surface area contributed by atoms with Crippen LogP contribution in [0.15, 0.2) is 255 Å². The predicted molar refractivity (Wildman–Crippen MR) is 283 cm³/mol. The molecule has 0 saturated heterocycles. The molecular weight excluding hydrogens is 825 g/mol. The molecule has 10 aromatic carbocycles. The van der Waals surface area contributed by atoms with Crippen molar-refractivity contribution in [3.63, 3.8) is 0 Å². The number of benzene rings is 10. The van der Waals surface area contributed by atoms with Crippen LogP contribution in [0, 0.1) is 0 Å². The monoisotopic (exact) mass is 866 g/mol. The van der Waals surface area contributed by atoms with Gasteiger partial charge in [-0.1, -0.05) is 170 Å². The Morgan fingerprint density at radius 3 is 1.25 bits per heavy atom. The molecule has 3 heterocycles. The molecule has 0 saturated carbocycles. The van der Waals surface area contributed by atoms with Crippen molar-refractivity contribution in [2.75, 3.05) is 0 Å². The smallest absolute Gasteiger partial charge is 0.160 e. The van der Waals surface area contributed by atoms with Crippen molar-refractivity contribution in [2.45, 2.75) is 0 Å². The summed E-state index contributed by atoms with van der Waals surface area (Å²) in [7, 11) is 0. The van der Waals surface area contributed by atoms with E-state index in [4.69, 9.17) is 9.97 Å². The Balaban J connectivity index is 0.906. The van der Waals surface area contributed by atoms with Crippen molar-refractivity contribution < 1.29 is 0 Å². The minimum absolute atomic E-state index is 0.675. The van der Waals surface area contributed by atoms with Crippen LogP contribution in [0.2, 0.25) is 0 Å². The van der Waals surface area contributed by atoms with Gasteiger partial charge >= 0.3 is 0 Å². The highest BCUT2D eigenvalue weighted by atomic mass is 15.0. The van der Waals surface area contributed by atoms with Crippen LogP contribution in [0.5, 0.6) is 0 Å². The van der Waals surface area contributed by atoms with Gasteiger partial charge in [-0.3, -0.25) is 0 Å². The van der Waals surface area contributed by atoms with Crippen LogP contribution in [0.4, 0.5) is 0 Å². The highest BCUT2D eigenvalue weighted by Crippen LogP contribution is 2.39. The van der Waals surface area contributed by atoms with Crippen molar-refractivity contribution >= 4 is 43.6 Å². The SMILES string of the molecule is c1ccc(-c2cccc(-c3cc(-c4cccc(-c5ccccc5)c4)nc(-c4ccc(-n5c6ccccc6c6cc(-c7ccc8c9ccccc9n(-c9ccccc9)c8c7)ccc65)cc4)n3)c2)cc1.